The summed E-state index contributed by atoms with van der Waals surface area (Å²) < 4.78 is 31.9. The van der Waals surface area contributed by atoms with E-state index in [0.717, 1.165) is 25.7 Å². The largest absolute Gasteiger partial charge is 0.495 e. The highest BCUT2D eigenvalue weighted by atomic mass is 32.2. The Labute approximate surface area is 115 Å². The molecule has 0 bridgehead atoms. The lowest BCUT2D eigenvalue weighted by Gasteiger charge is -2.11. The van der Waals surface area contributed by atoms with Crippen LogP contribution in [-0.4, -0.2) is 22.1 Å². The smallest absolute Gasteiger partial charge is 0.244 e. The van der Waals surface area contributed by atoms with Gasteiger partial charge in [-0.3, -0.25) is 0 Å². The second-order valence-corrected chi connectivity index (χ2v) is 6.10. The van der Waals surface area contributed by atoms with Crippen LogP contribution in [0.3, 0.4) is 0 Å². The van der Waals surface area contributed by atoms with Gasteiger partial charge in [0.15, 0.2) is 0 Å². The molecule has 0 radical (unpaired) electrons. The molecule has 1 rings (SSSR count). The maximum atomic E-state index is 12.2. The van der Waals surface area contributed by atoms with E-state index >= 15 is 0 Å². The molecule has 0 aliphatic carbocycles. The highest BCUT2D eigenvalue weighted by Crippen LogP contribution is 2.25. The lowest BCUT2D eigenvalue weighted by molar-refractivity contribution is 0.402. The molecular weight excluding hydrogens is 264 g/mol. The van der Waals surface area contributed by atoms with Crippen LogP contribution in [0.15, 0.2) is 23.1 Å². The Balaban J connectivity index is 2.74. The second-order valence-electron chi connectivity index (χ2n) is 4.37. The van der Waals surface area contributed by atoms with Crippen LogP contribution in [0.1, 0.15) is 32.6 Å². The van der Waals surface area contributed by atoms with E-state index in [-0.39, 0.29) is 4.90 Å². The molecule has 0 heterocycles. The lowest BCUT2D eigenvalue weighted by atomic mass is 10.2. The van der Waals surface area contributed by atoms with Crippen LogP contribution in [0.2, 0.25) is 0 Å². The summed E-state index contributed by atoms with van der Waals surface area (Å²) in [5.74, 6) is 0.301. The quantitative estimate of drug-likeness (QED) is 0.566. The first-order chi connectivity index (χ1) is 9.01. The number of anilines is 1. The zero-order valence-electron chi connectivity index (χ0n) is 11.5. The van der Waals surface area contributed by atoms with E-state index in [9.17, 15) is 8.42 Å². The molecule has 0 unspecified atom stereocenters. The Morgan fingerprint density at radius 1 is 1.26 bits per heavy atom. The number of sulfonamides is 1. The Morgan fingerprint density at radius 2 is 2.00 bits per heavy atom. The number of ether oxygens (including phenoxy) is 1. The van der Waals surface area contributed by atoms with Crippen molar-refractivity contribution in [2.75, 3.05) is 19.4 Å². The topological polar surface area (TPSA) is 81.4 Å². The van der Waals surface area contributed by atoms with Gasteiger partial charge < -0.3 is 10.5 Å². The number of hydrogen-bond donors (Lipinski definition) is 2. The molecular formula is C13H22N2O3S. The summed E-state index contributed by atoms with van der Waals surface area (Å²) in [6.07, 6.45) is 4.09. The molecule has 0 atom stereocenters. The summed E-state index contributed by atoms with van der Waals surface area (Å²) in [5.41, 5.74) is 6.02. The number of hydrogen-bond acceptors (Lipinski definition) is 4. The molecule has 0 aliphatic rings. The van der Waals surface area contributed by atoms with Gasteiger partial charge in [-0.15, -0.1) is 0 Å². The minimum absolute atomic E-state index is 0.0884. The normalized spacial score (nSPS) is 11.5. The van der Waals surface area contributed by atoms with Gasteiger partial charge in [0.25, 0.3) is 0 Å². The van der Waals surface area contributed by atoms with E-state index in [1.54, 1.807) is 12.1 Å². The Morgan fingerprint density at radius 3 is 2.63 bits per heavy atom. The van der Waals surface area contributed by atoms with Crippen molar-refractivity contribution >= 4 is 15.7 Å². The average molecular weight is 286 g/mol. The zero-order valence-corrected chi connectivity index (χ0v) is 12.3. The minimum Gasteiger partial charge on any atom is -0.495 e. The number of rotatable bonds is 8. The molecule has 1 aromatic carbocycles. The van der Waals surface area contributed by atoms with Crippen molar-refractivity contribution in [3.05, 3.63) is 18.2 Å². The average Bonchev–Trinajstić information content (AvgIpc) is 2.38. The standard InChI is InChI=1S/C13H22N2O3S/c1-3-4-5-6-9-15-19(16,17)13-10-11(14)7-8-12(13)18-2/h7-8,10,15H,3-6,9,14H2,1-2H3. The van der Waals surface area contributed by atoms with Gasteiger partial charge in [-0.2, -0.15) is 0 Å². The SMILES string of the molecule is CCCCCCNS(=O)(=O)c1cc(N)ccc1OC. The van der Waals surface area contributed by atoms with Gasteiger partial charge >= 0.3 is 0 Å². The van der Waals surface area contributed by atoms with Gasteiger partial charge in [0.05, 0.1) is 7.11 Å². The molecule has 19 heavy (non-hydrogen) atoms. The fraction of sp³-hybridized carbons (Fsp3) is 0.538. The van der Waals surface area contributed by atoms with Crippen molar-refractivity contribution in [2.24, 2.45) is 0 Å². The predicted molar refractivity (Wildman–Crippen MR) is 76.7 cm³/mol. The molecule has 0 fully saturated rings. The first kappa shape index (κ1) is 15.8. The Hall–Kier alpha value is -1.27. The van der Waals surface area contributed by atoms with Crippen LogP contribution in [-0.2, 0) is 10.0 Å². The van der Waals surface area contributed by atoms with Gasteiger partial charge in [-0.25, -0.2) is 13.1 Å². The van der Waals surface area contributed by atoms with Gasteiger partial charge in [0.2, 0.25) is 10.0 Å². The van der Waals surface area contributed by atoms with E-state index in [2.05, 4.69) is 11.6 Å². The highest BCUT2D eigenvalue weighted by molar-refractivity contribution is 7.89. The fourth-order valence-corrected chi connectivity index (χ4v) is 3.02. The first-order valence-electron chi connectivity index (χ1n) is 6.44. The van der Waals surface area contributed by atoms with Crippen LogP contribution in [0.25, 0.3) is 0 Å². The summed E-state index contributed by atoms with van der Waals surface area (Å²) >= 11 is 0. The van der Waals surface area contributed by atoms with Crippen LogP contribution in [0.4, 0.5) is 5.69 Å². The minimum atomic E-state index is -3.57. The molecule has 6 heteroatoms. The molecule has 0 aliphatic heterocycles. The van der Waals surface area contributed by atoms with Gasteiger partial charge in [-0.05, 0) is 24.6 Å². The third kappa shape index (κ3) is 4.72. The molecule has 5 nitrogen and oxygen atoms in total. The number of nitrogens with two attached hydrogens (primary N) is 1. The molecule has 0 spiro atoms. The highest BCUT2D eigenvalue weighted by Gasteiger charge is 2.19. The van der Waals surface area contributed by atoms with Crippen molar-refractivity contribution in [1.29, 1.82) is 0 Å². The molecule has 1 aromatic rings. The van der Waals surface area contributed by atoms with Crippen molar-refractivity contribution in [2.45, 2.75) is 37.5 Å². The third-order valence-corrected chi connectivity index (χ3v) is 4.28. The molecule has 0 saturated carbocycles. The fourth-order valence-electron chi connectivity index (χ4n) is 1.74. The second kappa shape index (κ2) is 7.35. The Kier molecular flexibility index (Phi) is 6.11. The van der Waals surface area contributed by atoms with Gasteiger partial charge in [0.1, 0.15) is 10.6 Å². The summed E-state index contributed by atoms with van der Waals surface area (Å²) in [5, 5.41) is 0. The number of methoxy groups -OCH3 is 1. The van der Waals surface area contributed by atoms with E-state index in [0.29, 0.717) is 18.0 Å². The summed E-state index contributed by atoms with van der Waals surface area (Å²) in [7, 11) is -2.13. The summed E-state index contributed by atoms with van der Waals surface area (Å²) in [6.45, 7) is 2.54. The number of nitrogens with one attached hydrogen (secondary N) is 1. The van der Waals surface area contributed by atoms with Crippen molar-refractivity contribution in [3.8, 4) is 5.75 Å². The van der Waals surface area contributed by atoms with Crippen molar-refractivity contribution in [3.63, 3.8) is 0 Å². The molecule has 0 amide bonds. The number of benzene rings is 1. The molecule has 108 valence electrons. The Bertz CT molecular complexity index is 501. The number of nitrogen functional groups attached to an aromatic ring is 1. The van der Waals surface area contributed by atoms with Crippen molar-refractivity contribution in [1.82, 2.24) is 4.72 Å². The first-order valence-corrected chi connectivity index (χ1v) is 7.92. The maximum Gasteiger partial charge on any atom is 0.244 e. The van der Waals surface area contributed by atoms with Crippen LogP contribution in [0, 0.1) is 0 Å². The van der Waals surface area contributed by atoms with E-state index in [1.807, 2.05) is 0 Å². The van der Waals surface area contributed by atoms with Gasteiger partial charge in [-0.1, -0.05) is 26.2 Å². The number of unbranched alkanes of at least 4 members (excludes halogenated alkanes) is 3. The predicted octanol–water partition coefficient (Wildman–Crippen LogP) is 2.14. The molecule has 0 aromatic heterocycles. The van der Waals surface area contributed by atoms with Crippen LogP contribution >= 0.6 is 0 Å². The lowest BCUT2D eigenvalue weighted by Crippen LogP contribution is -2.25. The van der Waals surface area contributed by atoms with E-state index in [4.69, 9.17) is 10.5 Å². The van der Waals surface area contributed by atoms with Crippen molar-refractivity contribution < 1.29 is 13.2 Å². The summed E-state index contributed by atoms with van der Waals surface area (Å²) in [4.78, 5) is 0.0884. The van der Waals surface area contributed by atoms with Crippen LogP contribution in [0.5, 0.6) is 5.75 Å². The van der Waals surface area contributed by atoms with Crippen LogP contribution < -0.4 is 15.2 Å². The molecule has 0 saturated heterocycles. The third-order valence-electron chi connectivity index (χ3n) is 2.80. The van der Waals surface area contributed by atoms with E-state index < -0.39 is 10.0 Å². The zero-order chi connectivity index (χ0) is 14.3. The monoisotopic (exact) mass is 286 g/mol. The van der Waals surface area contributed by atoms with E-state index in [1.165, 1.54) is 13.2 Å². The summed E-state index contributed by atoms with van der Waals surface area (Å²) in [6, 6.07) is 4.58. The molecule has 3 N–H and O–H groups in total. The maximum absolute atomic E-state index is 12.2. The van der Waals surface area contributed by atoms with Gasteiger partial charge in [0, 0.05) is 12.2 Å².